The molecule has 0 bridgehead atoms. The third-order valence-electron chi connectivity index (χ3n) is 2.34. The number of hydrogen-bond acceptors (Lipinski definition) is 3. The maximum absolute atomic E-state index is 11.7. The Bertz CT molecular complexity index is 229. The van der Waals surface area contributed by atoms with Gasteiger partial charge in [0.25, 0.3) is 0 Å². The molecule has 0 radical (unpaired) electrons. The fourth-order valence-corrected chi connectivity index (χ4v) is 1.86. The van der Waals surface area contributed by atoms with Gasteiger partial charge in [-0.2, -0.15) is 0 Å². The Morgan fingerprint density at radius 3 is 2.40 bits per heavy atom. The van der Waals surface area contributed by atoms with E-state index >= 15 is 0 Å². The first-order chi connectivity index (χ1) is 6.86. The molecule has 0 saturated heterocycles. The molecule has 0 heterocycles. The SMILES string of the molecule is CC=CC(C)(O)C(C(=O)OCC)C(C)C. The highest BCUT2D eigenvalue weighted by Gasteiger charge is 2.38. The van der Waals surface area contributed by atoms with E-state index in [0.717, 1.165) is 0 Å². The van der Waals surface area contributed by atoms with Crippen molar-refractivity contribution in [2.24, 2.45) is 11.8 Å². The standard InChI is InChI=1S/C12H22O3/c1-6-8-12(5,14)10(9(3)4)11(13)15-7-2/h6,8-10,14H,7H2,1-5H3. The predicted octanol–water partition coefficient (Wildman–Crippen LogP) is 2.15. The van der Waals surface area contributed by atoms with Gasteiger partial charge < -0.3 is 9.84 Å². The molecule has 2 atom stereocenters. The Morgan fingerprint density at radius 1 is 1.53 bits per heavy atom. The van der Waals surface area contributed by atoms with Crippen molar-refractivity contribution in [1.82, 2.24) is 0 Å². The van der Waals surface area contributed by atoms with E-state index < -0.39 is 11.5 Å². The van der Waals surface area contributed by atoms with Crippen LogP contribution in [0, 0.1) is 11.8 Å². The summed E-state index contributed by atoms with van der Waals surface area (Å²) in [6, 6.07) is 0. The number of carbonyl (C=O) groups is 1. The van der Waals surface area contributed by atoms with Crippen LogP contribution >= 0.6 is 0 Å². The summed E-state index contributed by atoms with van der Waals surface area (Å²) in [4.78, 5) is 11.7. The maximum atomic E-state index is 11.7. The minimum Gasteiger partial charge on any atom is -0.466 e. The molecule has 0 aromatic rings. The molecule has 0 fully saturated rings. The second-order valence-electron chi connectivity index (χ2n) is 4.20. The quantitative estimate of drug-likeness (QED) is 0.563. The number of esters is 1. The van der Waals surface area contributed by atoms with Gasteiger partial charge in [-0.3, -0.25) is 4.79 Å². The molecule has 0 rings (SSSR count). The van der Waals surface area contributed by atoms with Crippen molar-refractivity contribution in [3.63, 3.8) is 0 Å². The van der Waals surface area contributed by atoms with E-state index in [1.165, 1.54) is 0 Å². The molecule has 0 aromatic carbocycles. The number of carbonyl (C=O) groups excluding carboxylic acids is 1. The van der Waals surface area contributed by atoms with E-state index in [0.29, 0.717) is 6.61 Å². The normalized spacial score (nSPS) is 17.8. The second kappa shape index (κ2) is 5.91. The monoisotopic (exact) mass is 214 g/mol. The Kier molecular flexibility index (Phi) is 5.58. The lowest BCUT2D eigenvalue weighted by molar-refractivity contribution is -0.157. The van der Waals surface area contributed by atoms with Gasteiger partial charge in [-0.15, -0.1) is 0 Å². The molecular formula is C12H22O3. The van der Waals surface area contributed by atoms with E-state index in [1.807, 2.05) is 20.8 Å². The topological polar surface area (TPSA) is 46.5 Å². The van der Waals surface area contributed by atoms with Gasteiger partial charge in [-0.25, -0.2) is 0 Å². The molecule has 0 amide bonds. The van der Waals surface area contributed by atoms with Gasteiger partial charge in [-0.05, 0) is 26.7 Å². The van der Waals surface area contributed by atoms with E-state index in [4.69, 9.17) is 4.74 Å². The number of allylic oxidation sites excluding steroid dienone is 1. The van der Waals surface area contributed by atoms with Crippen LogP contribution in [0.25, 0.3) is 0 Å². The Balaban J connectivity index is 4.88. The van der Waals surface area contributed by atoms with Crippen LogP contribution in [-0.2, 0) is 9.53 Å². The van der Waals surface area contributed by atoms with E-state index in [2.05, 4.69) is 0 Å². The summed E-state index contributed by atoms with van der Waals surface area (Å²) in [5.41, 5.74) is -1.14. The Morgan fingerprint density at radius 2 is 2.07 bits per heavy atom. The average Bonchev–Trinajstić information content (AvgIpc) is 2.02. The van der Waals surface area contributed by atoms with E-state index in [1.54, 1.807) is 26.0 Å². The van der Waals surface area contributed by atoms with Crippen LogP contribution in [0.4, 0.5) is 0 Å². The van der Waals surface area contributed by atoms with Gasteiger partial charge >= 0.3 is 5.97 Å². The van der Waals surface area contributed by atoms with Gasteiger partial charge in [0.05, 0.1) is 18.1 Å². The van der Waals surface area contributed by atoms with E-state index in [-0.39, 0.29) is 11.9 Å². The number of rotatable bonds is 5. The first-order valence-corrected chi connectivity index (χ1v) is 5.39. The van der Waals surface area contributed by atoms with Crippen molar-refractivity contribution in [2.45, 2.75) is 40.2 Å². The minimum atomic E-state index is -1.14. The first-order valence-electron chi connectivity index (χ1n) is 5.39. The van der Waals surface area contributed by atoms with Crippen molar-refractivity contribution in [3.05, 3.63) is 12.2 Å². The lowest BCUT2D eigenvalue weighted by Crippen LogP contribution is -2.42. The second-order valence-corrected chi connectivity index (χ2v) is 4.20. The third kappa shape index (κ3) is 4.04. The summed E-state index contributed by atoms with van der Waals surface area (Å²) in [5.74, 6) is -0.820. The van der Waals surface area contributed by atoms with Crippen molar-refractivity contribution < 1.29 is 14.6 Å². The lowest BCUT2D eigenvalue weighted by atomic mass is 9.80. The van der Waals surface area contributed by atoms with Crippen molar-refractivity contribution >= 4 is 5.97 Å². The summed E-state index contributed by atoms with van der Waals surface area (Å²) >= 11 is 0. The van der Waals surface area contributed by atoms with Gasteiger partial charge in [0.15, 0.2) is 0 Å². The van der Waals surface area contributed by atoms with Gasteiger partial charge in [0.2, 0.25) is 0 Å². The van der Waals surface area contributed by atoms with Crippen LogP contribution < -0.4 is 0 Å². The van der Waals surface area contributed by atoms with Crippen LogP contribution in [0.3, 0.4) is 0 Å². The molecule has 0 aliphatic rings. The number of ether oxygens (including phenoxy) is 1. The summed E-state index contributed by atoms with van der Waals surface area (Å²) in [6.45, 7) is 9.36. The number of aliphatic hydroxyl groups is 1. The highest BCUT2D eigenvalue weighted by atomic mass is 16.5. The van der Waals surface area contributed by atoms with Crippen LogP contribution in [0.5, 0.6) is 0 Å². The van der Waals surface area contributed by atoms with Gasteiger partial charge in [0, 0.05) is 0 Å². The largest absolute Gasteiger partial charge is 0.466 e. The predicted molar refractivity (Wildman–Crippen MR) is 60.4 cm³/mol. The molecule has 15 heavy (non-hydrogen) atoms. The molecule has 88 valence electrons. The molecule has 1 N–H and O–H groups in total. The van der Waals surface area contributed by atoms with Crippen molar-refractivity contribution in [3.8, 4) is 0 Å². The summed E-state index contributed by atoms with van der Waals surface area (Å²) in [6.07, 6.45) is 3.38. The Labute approximate surface area is 92.1 Å². The van der Waals surface area contributed by atoms with Crippen molar-refractivity contribution in [1.29, 1.82) is 0 Å². The van der Waals surface area contributed by atoms with Crippen LogP contribution in [0.2, 0.25) is 0 Å². The molecule has 0 aliphatic heterocycles. The first kappa shape index (κ1) is 14.2. The number of hydrogen-bond donors (Lipinski definition) is 1. The fourth-order valence-electron chi connectivity index (χ4n) is 1.86. The zero-order valence-electron chi connectivity index (χ0n) is 10.3. The highest BCUT2D eigenvalue weighted by molar-refractivity contribution is 5.74. The molecule has 0 aliphatic carbocycles. The lowest BCUT2D eigenvalue weighted by Gasteiger charge is -2.31. The summed E-state index contributed by atoms with van der Waals surface area (Å²) in [5, 5.41) is 10.2. The molecule has 0 spiro atoms. The highest BCUT2D eigenvalue weighted by Crippen LogP contribution is 2.27. The summed E-state index contributed by atoms with van der Waals surface area (Å²) in [7, 11) is 0. The molecular weight excluding hydrogens is 192 g/mol. The van der Waals surface area contributed by atoms with Gasteiger partial charge in [0.1, 0.15) is 0 Å². The minimum absolute atomic E-state index is 0.0373. The summed E-state index contributed by atoms with van der Waals surface area (Å²) < 4.78 is 4.97. The maximum Gasteiger partial charge on any atom is 0.312 e. The van der Waals surface area contributed by atoms with Crippen LogP contribution in [-0.4, -0.2) is 23.3 Å². The average molecular weight is 214 g/mol. The third-order valence-corrected chi connectivity index (χ3v) is 2.34. The van der Waals surface area contributed by atoms with Crippen LogP contribution in [0.15, 0.2) is 12.2 Å². The molecule has 3 nitrogen and oxygen atoms in total. The molecule has 0 aromatic heterocycles. The Hall–Kier alpha value is -0.830. The smallest absolute Gasteiger partial charge is 0.312 e. The van der Waals surface area contributed by atoms with Gasteiger partial charge in [-0.1, -0.05) is 26.0 Å². The van der Waals surface area contributed by atoms with E-state index in [9.17, 15) is 9.90 Å². The molecule has 3 heteroatoms. The zero-order chi connectivity index (χ0) is 12.1. The van der Waals surface area contributed by atoms with Crippen LogP contribution in [0.1, 0.15) is 34.6 Å². The molecule has 0 saturated carbocycles. The molecule has 2 unspecified atom stereocenters. The zero-order valence-corrected chi connectivity index (χ0v) is 10.3. The van der Waals surface area contributed by atoms with Crippen molar-refractivity contribution in [2.75, 3.05) is 6.61 Å². The fraction of sp³-hybridized carbons (Fsp3) is 0.750.